The fourth-order valence-electron chi connectivity index (χ4n) is 0.920. The van der Waals surface area contributed by atoms with Crippen molar-refractivity contribution < 1.29 is 8.95 Å². The van der Waals surface area contributed by atoms with Crippen molar-refractivity contribution in [2.75, 3.05) is 13.4 Å². The maximum atomic E-state index is 11.1. The molecule has 0 N–H and O–H groups in total. The summed E-state index contributed by atoms with van der Waals surface area (Å²) in [6.45, 7) is 0.505. The number of nitrogens with zero attached hydrogens (tertiary/aromatic N) is 1. The second kappa shape index (κ2) is 4.83. The van der Waals surface area contributed by atoms with E-state index >= 15 is 0 Å². The van der Waals surface area contributed by atoms with E-state index in [1.165, 1.54) is 0 Å². The minimum absolute atomic E-state index is 0.505. The zero-order chi connectivity index (χ0) is 9.84. The average Bonchev–Trinajstić information content (AvgIpc) is 2.03. The van der Waals surface area contributed by atoms with E-state index < -0.39 is 10.8 Å². The molecular weight excluding hydrogens is 254 g/mol. The molecule has 1 aromatic rings. The molecule has 0 fully saturated rings. The molecule has 72 valence electrons. The van der Waals surface area contributed by atoms with E-state index in [1.54, 1.807) is 19.4 Å². The number of hydrogen-bond donors (Lipinski definition) is 0. The molecule has 0 radical (unpaired) electrons. The number of hydrogen-bond acceptors (Lipinski definition) is 3. The zero-order valence-electron chi connectivity index (χ0n) is 7.41. The maximum Gasteiger partial charge on any atom is 0.128 e. The summed E-state index contributed by atoms with van der Waals surface area (Å²) in [6.07, 6.45) is 1.60. The number of rotatable bonds is 3. The van der Waals surface area contributed by atoms with Crippen molar-refractivity contribution in [3.8, 4) is 0 Å². The molecule has 0 saturated carbocycles. The number of aromatic nitrogens is 1. The SMILES string of the molecule is COCc1cc(Br)nc(S(C)=O)c1. The van der Waals surface area contributed by atoms with Crippen LogP contribution < -0.4 is 0 Å². The molecule has 0 saturated heterocycles. The Hall–Kier alpha value is -0.260. The lowest BCUT2D eigenvalue weighted by molar-refractivity contribution is 0.184. The van der Waals surface area contributed by atoms with Gasteiger partial charge in [-0.3, -0.25) is 4.21 Å². The van der Waals surface area contributed by atoms with Crippen LogP contribution in [0.15, 0.2) is 21.8 Å². The van der Waals surface area contributed by atoms with Crippen molar-refractivity contribution in [3.05, 3.63) is 22.3 Å². The van der Waals surface area contributed by atoms with Gasteiger partial charge in [-0.05, 0) is 33.6 Å². The van der Waals surface area contributed by atoms with Crippen LogP contribution in [0.25, 0.3) is 0 Å². The number of halogens is 1. The lowest BCUT2D eigenvalue weighted by Crippen LogP contribution is -1.96. The zero-order valence-corrected chi connectivity index (χ0v) is 9.81. The number of ether oxygens (including phenoxy) is 1. The van der Waals surface area contributed by atoms with Crippen LogP contribution in [0, 0.1) is 0 Å². The van der Waals surface area contributed by atoms with E-state index in [4.69, 9.17) is 4.74 Å². The van der Waals surface area contributed by atoms with Crippen LogP contribution >= 0.6 is 15.9 Å². The van der Waals surface area contributed by atoms with Crippen molar-refractivity contribution in [3.63, 3.8) is 0 Å². The van der Waals surface area contributed by atoms with E-state index in [1.807, 2.05) is 6.07 Å². The third kappa shape index (κ3) is 3.17. The van der Waals surface area contributed by atoms with Gasteiger partial charge in [0.1, 0.15) is 9.63 Å². The molecule has 0 spiro atoms. The largest absolute Gasteiger partial charge is 0.380 e. The van der Waals surface area contributed by atoms with Gasteiger partial charge in [0.2, 0.25) is 0 Å². The molecule has 0 amide bonds. The monoisotopic (exact) mass is 263 g/mol. The Balaban J connectivity index is 3.03. The topological polar surface area (TPSA) is 39.2 Å². The van der Waals surface area contributed by atoms with Crippen molar-refractivity contribution in [2.24, 2.45) is 0 Å². The summed E-state index contributed by atoms with van der Waals surface area (Å²) >= 11 is 3.25. The van der Waals surface area contributed by atoms with Crippen molar-refractivity contribution in [1.82, 2.24) is 4.98 Å². The van der Waals surface area contributed by atoms with Crippen LogP contribution in [0.1, 0.15) is 5.56 Å². The normalized spacial score (nSPS) is 12.8. The van der Waals surface area contributed by atoms with Gasteiger partial charge in [0, 0.05) is 13.4 Å². The van der Waals surface area contributed by atoms with E-state index in [0.29, 0.717) is 16.2 Å². The number of methoxy groups -OCH3 is 1. The van der Waals surface area contributed by atoms with Crippen LogP contribution in [0.4, 0.5) is 0 Å². The lowest BCUT2D eigenvalue weighted by Gasteiger charge is -2.02. The fraction of sp³-hybridized carbons (Fsp3) is 0.375. The molecule has 3 nitrogen and oxygen atoms in total. The molecule has 1 rings (SSSR count). The van der Waals surface area contributed by atoms with Gasteiger partial charge >= 0.3 is 0 Å². The molecule has 1 atom stereocenters. The summed E-state index contributed by atoms with van der Waals surface area (Å²) in [6, 6.07) is 3.63. The first-order chi connectivity index (χ1) is 6.13. The first-order valence-electron chi connectivity index (χ1n) is 3.62. The highest BCUT2D eigenvalue weighted by molar-refractivity contribution is 9.10. The molecular formula is C8H10BrNO2S. The molecule has 0 aliphatic rings. The van der Waals surface area contributed by atoms with Gasteiger partial charge in [-0.2, -0.15) is 0 Å². The predicted octanol–water partition coefficient (Wildman–Crippen LogP) is 1.73. The molecule has 1 heterocycles. The molecule has 13 heavy (non-hydrogen) atoms. The van der Waals surface area contributed by atoms with Gasteiger partial charge in [0.25, 0.3) is 0 Å². The third-order valence-corrected chi connectivity index (χ3v) is 2.64. The summed E-state index contributed by atoms with van der Waals surface area (Å²) in [5, 5.41) is 0.571. The highest BCUT2D eigenvalue weighted by Gasteiger charge is 2.03. The summed E-state index contributed by atoms with van der Waals surface area (Å²) in [4.78, 5) is 4.08. The van der Waals surface area contributed by atoms with E-state index in [9.17, 15) is 4.21 Å². The summed E-state index contributed by atoms with van der Waals surface area (Å²) in [5.74, 6) is 0. The second-order valence-corrected chi connectivity index (χ2v) is 4.66. The third-order valence-electron chi connectivity index (χ3n) is 1.44. The van der Waals surface area contributed by atoms with Crippen molar-refractivity contribution in [1.29, 1.82) is 0 Å². The standard InChI is InChI=1S/C8H10BrNO2S/c1-12-5-6-3-7(9)10-8(4-6)13(2)11/h3-4H,5H2,1-2H3. The van der Waals surface area contributed by atoms with E-state index in [0.717, 1.165) is 5.56 Å². The Morgan fingerprint density at radius 1 is 1.62 bits per heavy atom. The van der Waals surface area contributed by atoms with Crippen LogP contribution in [0.3, 0.4) is 0 Å². The molecule has 0 bridgehead atoms. The summed E-state index contributed by atoms with van der Waals surface area (Å²) in [5.41, 5.74) is 0.967. The maximum absolute atomic E-state index is 11.1. The Bertz CT molecular complexity index is 330. The van der Waals surface area contributed by atoms with Gasteiger partial charge < -0.3 is 4.74 Å². The van der Waals surface area contributed by atoms with Gasteiger partial charge in [0.15, 0.2) is 0 Å². The van der Waals surface area contributed by atoms with Gasteiger partial charge in [0.05, 0.1) is 17.4 Å². The predicted molar refractivity (Wildman–Crippen MR) is 55.0 cm³/mol. The minimum atomic E-state index is -1.05. The molecule has 0 aliphatic heterocycles. The fourth-order valence-corrected chi connectivity index (χ4v) is 2.07. The Morgan fingerprint density at radius 2 is 2.31 bits per heavy atom. The van der Waals surface area contributed by atoms with E-state index in [2.05, 4.69) is 20.9 Å². The number of pyridine rings is 1. The molecule has 0 aliphatic carbocycles. The molecule has 1 unspecified atom stereocenters. The molecule has 5 heteroatoms. The smallest absolute Gasteiger partial charge is 0.128 e. The summed E-state index contributed by atoms with van der Waals surface area (Å²) < 4.78 is 16.8. The highest BCUT2D eigenvalue weighted by Crippen LogP contribution is 2.14. The van der Waals surface area contributed by atoms with Crippen molar-refractivity contribution in [2.45, 2.75) is 11.6 Å². The van der Waals surface area contributed by atoms with Gasteiger partial charge in [-0.1, -0.05) is 0 Å². The second-order valence-electron chi connectivity index (χ2n) is 2.52. The van der Waals surface area contributed by atoms with Crippen molar-refractivity contribution >= 4 is 26.7 Å². The van der Waals surface area contributed by atoms with Crippen LogP contribution in [0.2, 0.25) is 0 Å². The van der Waals surface area contributed by atoms with Crippen LogP contribution in [0.5, 0.6) is 0 Å². The Morgan fingerprint density at radius 3 is 2.85 bits per heavy atom. The first-order valence-corrected chi connectivity index (χ1v) is 5.97. The highest BCUT2D eigenvalue weighted by atomic mass is 79.9. The van der Waals surface area contributed by atoms with Crippen LogP contribution in [-0.4, -0.2) is 22.6 Å². The average molecular weight is 264 g/mol. The Kier molecular flexibility index (Phi) is 4.02. The van der Waals surface area contributed by atoms with E-state index in [-0.39, 0.29) is 0 Å². The molecule has 1 aromatic heterocycles. The summed E-state index contributed by atoms with van der Waals surface area (Å²) in [7, 11) is 0.572. The lowest BCUT2D eigenvalue weighted by atomic mass is 10.3. The Labute approximate surface area is 88.1 Å². The van der Waals surface area contributed by atoms with Gasteiger partial charge in [-0.15, -0.1) is 0 Å². The molecule has 0 aromatic carbocycles. The van der Waals surface area contributed by atoms with Gasteiger partial charge in [-0.25, -0.2) is 4.98 Å². The van der Waals surface area contributed by atoms with Crippen LogP contribution in [-0.2, 0) is 22.1 Å². The minimum Gasteiger partial charge on any atom is -0.380 e. The first kappa shape index (κ1) is 10.8. The quantitative estimate of drug-likeness (QED) is 0.780.